The first kappa shape index (κ1) is 13.3. The van der Waals surface area contributed by atoms with Gasteiger partial charge in [0.2, 0.25) is 9.38 Å². The molecule has 0 aromatic heterocycles. The highest BCUT2D eigenvalue weighted by Crippen LogP contribution is 2.51. The molecule has 0 aromatic carbocycles. The van der Waals surface area contributed by atoms with Gasteiger partial charge < -0.3 is 9.53 Å². The molecule has 0 saturated heterocycles. The van der Waals surface area contributed by atoms with Crippen LogP contribution in [0, 0.1) is 11.3 Å². The molecular weight excluding hydrogens is 244 g/mol. The molecule has 3 nitrogen and oxygen atoms in total. The summed E-state index contributed by atoms with van der Waals surface area (Å²) in [4.78, 5) is 11.8. The highest BCUT2D eigenvalue weighted by Gasteiger charge is 2.46. The topological polar surface area (TPSA) is 46.5 Å². The summed E-state index contributed by atoms with van der Waals surface area (Å²) in [7, 11) is -0.201. The minimum atomic E-state index is -0.201. The Kier molecular flexibility index (Phi) is 3.57. The van der Waals surface area contributed by atoms with E-state index in [0.717, 1.165) is 19.1 Å². The van der Waals surface area contributed by atoms with Gasteiger partial charge in [-0.2, -0.15) is 0 Å². The average Bonchev–Trinajstić information content (AvgIpc) is 2.35. The van der Waals surface area contributed by atoms with Crippen molar-refractivity contribution in [3.63, 3.8) is 0 Å². The molecule has 2 rings (SSSR count). The summed E-state index contributed by atoms with van der Waals surface area (Å²) >= 11 is 0. The Morgan fingerprint density at radius 1 is 1.67 bits per heavy atom. The molecule has 98 valence electrons. The third kappa shape index (κ3) is 1.98. The third-order valence-electron chi connectivity index (χ3n) is 4.60. The van der Waals surface area contributed by atoms with Crippen molar-refractivity contribution in [2.24, 2.45) is 11.3 Å². The normalized spacial score (nSPS) is 38.0. The third-order valence-corrected chi connectivity index (χ3v) is 5.14. The van der Waals surface area contributed by atoms with Crippen molar-refractivity contribution in [2.45, 2.75) is 39.2 Å². The van der Waals surface area contributed by atoms with Gasteiger partial charge in [0.1, 0.15) is 0 Å². The van der Waals surface area contributed by atoms with E-state index in [1.54, 1.807) is 6.08 Å². The van der Waals surface area contributed by atoms with Crippen LogP contribution < -0.4 is 0 Å². The molecule has 0 bridgehead atoms. The number of aliphatic hydroxyl groups is 1. The average molecular weight is 264 g/mol. The second-order valence-electron chi connectivity index (χ2n) is 5.45. The summed E-state index contributed by atoms with van der Waals surface area (Å²) in [6.07, 6.45) is 9.23. The van der Waals surface area contributed by atoms with E-state index in [4.69, 9.17) is 4.43 Å². The quantitative estimate of drug-likeness (QED) is 0.471. The summed E-state index contributed by atoms with van der Waals surface area (Å²) in [6.45, 7) is 4.35. The van der Waals surface area contributed by atoms with Gasteiger partial charge in [0.05, 0.1) is 12.4 Å². The molecular formula is C14H20O3Si. The largest absolute Gasteiger partial charge is 0.551 e. The minimum absolute atomic E-state index is 0.0423. The number of carbonyl (C=O) groups excluding carboxylic acids is 1. The molecule has 3 unspecified atom stereocenters. The van der Waals surface area contributed by atoms with Crippen molar-refractivity contribution in [3.05, 3.63) is 23.5 Å². The summed E-state index contributed by atoms with van der Waals surface area (Å²) in [5, 5.41) is 9.17. The van der Waals surface area contributed by atoms with Crippen molar-refractivity contribution in [1.29, 1.82) is 0 Å². The highest BCUT2D eigenvalue weighted by atomic mass is 28.2. The molecule has 3 atom stereocenters. The fraction of sp³-hybridized carbons (Fsp3) is 0.571. The molecule has 4 heteroatoms. The number of allylic oxidation sites excluding steroid dienone is 3. The van der Waals surface area contributed by atoms with Gasteiger partial charge in [-0.05, 0) is 30.8 Å². The first-order valence-electron chi connectivity index (χ1n) is 6.38. The van der Waals surface area contributed by atoms with Gasteiger partial charge in [0.25, 0.3) is 0 Å². The van der Waals surface area contributed by atoms with Gasteiger partial charge in [-0.3, -0.25) is 4.79 Å². The van der Waals surface area contributed by atoms with Crippen molar-refractivity contribution in [3.8, 4) is 0 Å². The van der Waals surface area contributed by atoms with Gasteiger partial charge in [-0.15, -0.1) is 0 Å². The van der Waals surface area contributed by atoms with Crippen LogP contribution in [0.25, 0.3) is 0 Å². The van der Waals surface area contributed by atoms with Crippen LogP contribution in [0.1, 0.15) is 33.1 Å². The molecule has 1 fully saturated rings. The zero-order valence-electron chi connectivity index (χ0n) is 11.0. The van der Waals surface area contributed by atoms with Crippen molar-refractivity contribution in [2.75, 3.05) is 0 Å². The molecule has 0 aliphatic heterocycles. The number of rotatable bonds is 2. The fourth-order valence-electron chi connectivity index (χ4n) is 3.20. The Bertz CT molecular complexity index is 438. The van der Waals surface area contributed by atoms with Crippen molar-refractivity contribution in [1.82, 2.24) is 0 Å². The molecule has 2 aliphatic rings. The molecule has 0 aromatic rings. The second-order valence-corrected chi connectivity index (χ2v) is 6.06. The van der Waals surface area contributed by atoms with E-state index < -0.39 is 0 Å². The molecule has 0 radical (unpaired) electrons. The number of hydrogen-bond donors (Lipinski definition) is 1. The first-order chi connectivity index (χ1) is 8.52. The van der Waals surface area contributed by atoms with Crippen molar-refractivity contribution >= 4 is 21.3 Å². The van der Waals surface area contributed by atoms with Gasteiger partial charge in [-0.25, -0.2) is 0 Å². The summed E-state index contributed by atoms with van der Waals surface area (Å²) < 4.78 is 5.78. The monoisotopic (exact) mass is 264 g/mol. The molecule has 1 saturated carbocycles. The maximum absolute atomic E-state index is 11.8. The van der Waals surface area contributed by atoms with E-state index in [2.05, 4.69) is 20.0 Å². The second kappa shape index (κ2) is 4.84. The van der Waals surface area contributed by atoms with Gasteiger partial charge in [0.15, 0.2) is 5.78 Å². The lowest BCUT2D eigenvalue weighted by molar-refractivity contribution is -0.112. The van der Waals surface area contributed by atoms with E-state index in [9.17, 15) is 9.90 Å². The number of hydrogen-bond acceptors (Lipinski definition) is 3. The van der Waals surface area contributed by atoms with Gasteiger partial charge >= 0.3 is 0 Å². The number of aliphatic hydroxyl groups excluding tert-OH is 1. The molecule has 18 heavy (non-hydrogen) atoms. The first-order valence-corrected chi connectivity index (χ1v) is 7.66. The van der Waals surface area contributed by atoms with Crippen molar-refractivity contribution < 1.29 is 14.3 Å². The Morgan fingerprint density at radius 3 is 3.00 bits per heavy atom. The molecule has 0 spiro atoms. The zero-order chi connectivity index (χ0) is 13.3. The maximum Gasteiger partial charge on any atom is 0.208 e. The number of carbonyl (C=O) groups is 1. The van der Waals surface area contributed by atoms with Gasteiger partial charge in [-0.1, -0.05) is 25.6 Å². The molecule has 0 heterocycles. The van der Waals surface area contributed by atoms with Crippen LogP contribution in [-0.2, 0) is 9.22 Å². The van der Waals surface area contributed by atoms with E-state index in [0.29, 0.717) is 17.9 Å². The standard InChI is InChI=1S/C14H20O3Si/c1-9-13(17-18-3)5-4-11-6-12(16)10(8-15)7-14(9,11)2/h6,8-9,13,15,18H,3-5,7H2,1-2H3/b10-8-. The highest BCUT2D eigenvalue weighted by molar-refractivity contribution is 6.33. The number of ketones is 1. The zero-order valence-corrected chi connectivity index (χ0v) is 12.1. The number of fused-ring (bicyclic) bond motifs is 1. The Labute approximate surface area is 110 Å². The fourth-order valence-corrected chi connectivity index (χ4v) is 3.82. The lowest BCUT2D eigenvalue weighted by Crippen LogP contribution is -2.44. The van der Waals surface area contributed by atoms with E-state index >= 15 is 0 Å². The Hall–Kier alpha value is -1.16. The van der Waals surface area contributed by atoms with Crippen LogP contribution >= 0.6 is 0 Å². The van der Waals surface area contributed by atoms with Crippen LogP contribution in [-0.4, -0.2) is 32.5 Å². The Balaban J connectivity index is 2.35. The van der Waals surface area contributed by atoms with Crippen LogP contribution in [0.2, 0.25) is 0 Å². The van der Waals surface area contributed by atoms with Crippen LogP contribution in [0.15, 0.2) is 23.5 Å². The van der Waals surface area contributed by atoms with E-state index in [1.165, 1.54) is 5.57 Å². The van der Waals surface area contributed by atoms with Crippen LogP contribution in [0.4, 0.5) is 0 Å². The van der Waals surface area contributed by atoms with Crippen LogP contribution in [0.3, 0.4) is 0 Å². The summed E-state index contributed by atoms with van der Waals surface area (Å²) in [6, 6.07) is 0. The molecule has 2 aliphatic carbocycles. The predicted octanol–water partition coefficient (Wildman–Crippen LogP) is 1.93. The lowest BCUT2D eigenvalue weighted by Gasteiger charge is -2.48. The maximum atomic E-state index is 11.8. The smallest absolute Gasteiger partial charge is 0.208 e. The predicted molar refractivity (Wildman–Crippen MR) is 74.1 cm³/mol. The summed E-state index contributed by atoms with van der Waals surface area (Å²) in [5.41, 5.74) is 1.65. The Morgan fingerprint density at radius 2 is 2.39 bits per heavy atom. The summed E-state index contributed by atoms with van der Waals surface area (Å²) in [5.74, 6) is 0.300. The minimum Gasteiger partial charge on any atom is -0.551 e. The van der Waals surface area contributed by atoms with Crippen LogP contribution in [0.5, 0.6) is 0 Å². The SMILES string of the molecule is C=[SiH]OC1CCC2=CC(=O)/C(=C\O)CC2(C)C1C. The lowest BCUT2D eigenvalue weighted by atomic mass is 9.59. The molecule has 1 N–H and O–H groups in total. The van der Waals surface area contributed by atoms with Gasteiger partial charge in [0, 0.05) is 11.5 Å². The molecule has 0 amide bonds. The van der Waals surface area contributed by atoms with E-state index in [-0.39, 0.29) is 26.7 Å². The van der Waals surface area contributed by atoms with E-state index in [1.807, 2.05) is 0 Å².